The Morgan fingerprint density at radius 3 is 2.50 bits per heavy atom. The van der Waals surface area contributed by atoms with Crippen LogP contribution in [0.1, 0.15) is 22.3 Å². The molecule has 0 aliphatic carbocycles. The Morgan fingerprint density at radius 2 is 1.90 bits per heavy atom. The third-order valence-electron chi connectivity index (χ3n) is 3.32. The van der Waals surface area contributed by atoms with Gasteiger partial charge in [0.1, 0.15) is 0 Å². The number of nitrogens with one attached hydrogen (secondary N) is 1. The molecule has 4 heteroatoms. The molecule has 1 aromatic carbocycles. The van der Waals surface area contributed by atoms with Crippen LogP contribution < -0.4 is 11.3 Å². The van der Waals surface area contributed by atoms with Gasteiger partial charge in [-0.1, -0.05) is 40.9 Å². The quantitative estimate of drug-likeness (QED) is 0.657. The molecule has 1 atom stereocenters. The van der Waals surface area contributed by atoms with Gasteiger partial charge in [0.05, 0.1) is 5.02 Å². The maximum atomic E-state index is 6.15. The molecule has 0 amide bonds. The molecule has 2 rings (SSSR count). The van der Waals surface area contributed by atoms with Crippen LogP contribution in [0.2, 0.25) is 5.02 Å². The number of nitrogens with two attached hydrogens (primary N) is 1. The van der Waals surface area contributed by atoms with Crippen molar-refractivity contribution >= 4 is 11.6 Å². The van der Waals surface area contributed by atoms with E-state index in [1.165, 1.54) is 16.7 Å². The average Bonchev–Trinajstić information content (AvgIpc) is 2.39. The summed E-state index contributed by atoms with van der Waals surface area (Å²) in [7, 11) is 0. The maximum Gasteiger partial charge on any atom is 0.0621 e. The Balaban J connectivity index is 2.11. The molecule has 106 valence electrons. The van der Waals surface area contributed by atoms with E-state index in [0.717, 1.165) is 18.4 Å². The van der Waals surface area contributed by atoms with Crippen molar-refractivity contribution in [3.8, 4) is 0 Å². The van der Waals surface area contributed by atoms with Gasteiger partial charge in [0.15, 0.2) is 0 Å². The Morgan fingerprint density at radius 1 is 1.20 bits per heavy atom. The Kier molecular flexibility index (Phi) is 5.12. The molecule has 0 fully saturated rings. The minimum absolute atomic E-state index is 0.149. The van der Waals surface area contributed by atoms with Gasteiger partial charge in [0.2, 0.25) is 0 Å². The van der Waals surface area contributed by atoms with Gasteiger partial charge in [-0.25, -0.2) is 0 Å². The molecular formula is C16H20ClN3. The van der Waals surface area contributed by atoms with Crippen molar-refractivity contribution in [3.05, 3.63) is 63.9 Å². The molecule has 0 saturated heterocycles. The molecule has 20 heavy (non-hydrogen) atoms. The molecule has 2 aromatic rings. The van der Waals surface area contributed by atoms with E-state index in [1.54, 1.807) is 12.4 Å². The molecular weight excluding hydrogens is 270 g/mol. The third kappa shape index (κ3) is 4.04. The fraction of sp³-hybridized carbons (Fsp3) is 0.312. The lowest BCUT2D eigenvalue weighted by molar-refractivity contribution is 0.522. The Bertz CT molecular complexity index is 563. The molecule has 0 saturated carbocycles. The first-order chi connectivity index (χ1) is 9.58. The fourth-order valence-corrected chi connectivity index (χ4v) is 2.69. The van der Waals surface area contributed by atoms with Crippen molar-refractivity contribution < 1.29 is 0 Å². The van der Waals surface area contributed by atoms with Gasteiger partial charge in [-0.15, -0.1) is 0 Å². The smallest absolute Gasteiger partial charge is 0.0621 e. The highest BCUT2D eigenvalue weighted by Gasteiger charge is 2.11. The van der Waals surface area contributed by atoms with Gasteiger partial charge < -0.3 is 0 Å². The minimum atomic E-state index is 0.149. The minimum Gasteiger partial charge on any atom is -0.271 e. The predicted octanol–water partition coefficient (Wildman–Crippen LogP) is 2.97. The molecule has 0 radical (unpaired) electrons. The maximum absolute atomic E-state index is 6.15. The summed E-state index contributed by atoms with van der Waals surface area (Å²) in [6.07, 6.45) is 5.08. The van der Waals surface area contributed by atoms with Crippen molar-refractivity contribution in [2.24, 2.45) is 5.84 Å². The molecule has 0 bridgehead atoms. The molecule has 3 nitrogen and oxygen atoms in total. The van der Waals surface area contributed by atoms with Gasteiger partial charge in [-0.05, 0) is 43.9 Å². The van der Waals surface area contributed by atoms with Gasteiger partial charge in [-0.2, -0.15) is 0 Å². The first-order valence-electron chi connectivity index (χ1n) is 6.70. The second-order valence-electron chi connectivity index (χ2n) is 5.23. The largest absolute Gasteiger partial charge is 0.271 e. The van der Waals surface area contributed by atoms with Crippen LogP contribution in [0.4, 0.5) is 0 Å². The van der Waals surface area contributed by atoms with Crippen molar-refractivity contribution in [2.75, 3.05) is 0 Å². The van der Waals surface area contributed by atoms with Crippen LogP contribution >= 0.6 is 11.6 Å². The molecule has 1 unspecified atom stereocenters. The van der Waals surface area contributed by atoms with Crippen LogP contribution in [-0.4, -0.2) is 11.0 Å². The molecule has 1 aromatic heterocycles. The SMILES string of the molecule is Cc1cc(C)cc(CC(Cc2ccncc2Cl)NN)c1. The Labute approximate surface area is 125 Å². The molecule has 3 N–H and O–H groups in total. The number of nitrogens with zero attached hydrogens (tertiary/aromatic N) is 1. The van der Waals surface area contributed by atoms with E-state index in [9.17, 15) is 0 Å². The summed E-state index contributed by atoms with van der Waals surface area (Å²) < 4.78 is 0. The van der Waals surface area contributed by atoms with Crippen molar-refractivity contribution in [1.29, 1.82) is 0 Å². The first kappa shape index (κ1) is 15.0. The summed E-state index contributed by atoms with van der Waals surface area (Å²) in [5, 5.41) is 0.688. The highest BCUT2D eigenvalue weighted by atomic mass is 35.5. The van der Waals surface area contributed by atoms with Crippen LogP contribution in [0, 0.1) is 13.8 Å². The second-order valence-corrected chi connectivity index (χ2v) is 5.64. The summed E-state index contributed by atoms with van der Waals surface area (Å²) in [6, 6.07) is 8.66. The molecule has 1 heterocycles. The standard InChI is InChI=1S/C16H20ClN3/c1-11-5-12(2)7-13(6-11)8-15(20-18)9-14-3-4-19-10-16(14)17/h3-7,10,15,20H,8-9,18H2,1-2H3. The number of benzene rings is 1. The zero-order valence-electron chi connectivity index (χ0n) is 11.9. The van der Waals surface area contributed by atoms with E-state index < -0.39 is 0 Å². The fourth-order valence-electron chi connectivity index (χ4n) is 2.50. The van der Waals surface area contributed by atoms with Crippen molar-refractivity contribution in [1.82, 2.24) is 10.4 Å². The van der Waals surface area contributed by atoms with Crippen LogP contribution in [0.15, 0.2) is 36.7 Å². The van der Waals surface area contributed by atoms with E-state index in [0.29, 0.717) is 5.02 Å². The van der Waals surface area contributed by atoms with Crippen LogP contribution in [0.3, 0.4) is 0 Å². The molecule has 0 aliphatic rings. The molecule has 0 spiro atoms. The summed E-state index contributed by atoms with van der Waals surface area (Å²) in [5.74, 6) is 5.69. The highest BCUT2D eigenvalue weighted by molar-refractivity contribution is 6.31. The zero-order chi connectivity index (χ0) is 14.5. The van der Waals surface area contributed by atoms with E-state index >= 15 is 0 Å². The summed E-state index contributed by atoms with van der Waals surface area (Å²) in [6.45, 7) is 4.22. The van der Waals surface area contributed by atoms with Gasteiger partial charge in [0, 0.05) is 18.4 Å². The van der Waals surface area contributed by atoms with Crippen LogP contribution in [0.5, 0.6) is 0 Å². The first-order valence-corrected chi connectivity index (χ1v) is 7.08. The second kappa shape index (κ2) is 6.84. The Hall–Kier alpha value is -1.42. The normalized spacial score (nSPS) is 12.4. The van der Waals surface area contributed by atoms with E-state index in [2.05, 4.69) is 42.5 Å². The lowest BCUT2D eigenvalue weighted by Gasteiger charge is -2.17. The van der Waals surface area contributed by atoms with Gasteiger partial charge >= 0.3 is 0 Å². The number of pyridine rings is 1. The number of hydrazine groups is 1. The average molecular weight is 290 g/mol. The number of rotatable bonds is 5. The topological polar surface area (TPSA) is 50.9 Å². The number of aryl methyl sites for hydroxylation is 2. The molecule has 0 aliphatic heterocycles. The number of aromatic nitrogens is 1. The lowest BCUT2D eigenvalue weighted by Crippen LogP contribution is -2.38. The summed E-state index contributed by atoms with van der Waals surface area (Å²) in [5.41, 5.74) is 7.79. The summed E-state index contributed by atoms with van der Waals surface area (Å²) in [4.78, 5) is 4.00. The monoisotopic (exact) mass is 289 g/mol. The predicted molar refractivity (Wildman–Crippen MR) is 83.7 cm³/mol. The van der Waals surface area contributed by atoms with Crippen molar-refractivity contribution in [3.63, 3.8) is 0 Å². The van der Waals surface area contributed by atoms with E-state index in [4.69, 9.17) is 17.4 Å². The van der Waals surface area contributed by atoms with Gasteiger partial charge in [0.25, 0.3) is 0 Å². The highest BCUT2D eigenvalue weighted by Crippen LogP contribution is 2.17. The van der Waals surface area contributed by atoms with Crippen molar-refractivity contribution in [2.45, 2.75) is 32.7 Å². The van der Waals surface area contributed by atoms with E-state index in [-0.39, 0.29) is 6.04 Å². The zero-order valence-corrected chi connectivity index (χ0v) is 12.6. The number of hydrogen-bond acceptors (Lipinski definition) is 3. The number of hydrogen-bond donors (Lipinski definition) is 2. The number of halogens is 1. The van der Waals surface area contributed by atoms with Gasteiger partial charge in [-0.3, -0.25) is 16.3 Å². The lowest BCUT2D eigenvalue weighted by atomic mass is 9.97. The van der Waals surface area contributed by atoms with Crippen LogP contribution in [-0.2, 0) is 12.8 Å². The van der Waals surface area contributed by atoms with E-state index in [1.807, 2.05) is 6.07 Å². The van der Waals surface area contributed by atoms with Crippen LogP contribution in [0.25, 0.3) is 0 Å². The third-order valence-corrected chi connectivity index (χ3v) is 3.66. The summed E-state index contributed by atoms with van der Waals surface area (Å²) >= 11 is 6.15.